The van der Waals surface area contributed by atoms with Gasteiger partial charge in [-0.25, -0.2) is 0 Å². The number of primary amides is 1. The summed E-state index contributed by atoms with van der Waals surface area (Å²) in [5, 5.41) is 0. The Bertz CT molecular complexity index is 361. The topological polar surface area (TPSA) is 74.4 Å². The molecule has 5 nitrogen and oxygen atoms in total. The van der Waals surface area contributed by atoms with Gasteiger partial charge in [0.05, 0.1) is 18.8 Å². The molecule has 5 heteroatoms. The summed E-state index contributed by atoms with van der Waals surface area (Å²) in [5.74, 6) is -0.0509. The van der Waals surface area contributed by atoms with Crippen molar-refractivity contribution in [2.45, 2.75) is 12.5 Å². The van der Waals surface area contributed by atoms with Crippen LogP contribution in [0.5, 0.6) is 5.75 Å². The zero-order valence-electron chi connectivity index (χ0n) is 8.18. The minimum absolute atomic E-state index is 0.00509. The number of ether oxygens (including phenoxy) is 2. The van der Waals surface area contributed by atoms with E-state index in [1.165, 1.54) is 6.20 Å². The van der Waals surface area contributed by atoms with E-state index >= 15 is 0 Å². The summed E-state index contributed by atoms with van der Waals surface area (Å²) in [5.41, 5.74) is 5.51. The lowest BCUT2D eigenvalue weighted by atomic mass is 10.2. The number of hydrogen-bond acceptors (Lipinski definition) is 4. The molecule has 1 aromatic heterocycles. The Morgan fingerprint density at radius 1 is 1.67 bits per heavy atom. The first-order chi connectivity index (χ1) is 7.27. The molecule has 80 valence electrons. The van der Waals surface area contributed by atoms with Crippen LogP contribution in [0.4, 0.5) is 0 Å². The van der Waals surface area contributed by atoms with Crippen molar-refractivity contribution < 1.29 is 14.3 Å². The Balaban J connectivity index is 2.15. The van der Waals surface area contributed by atoms with Gasteiger partial charge in [0.15, 0.2) is 0 Å². The van der Waals surface area contributed by atoms with Crippen molar-refractivity contribution in [1.29, 1.82) is 0 Å². The monoisotopic (exact) mass is 208 g/mol. The summed E-state index contributed by atoms with van der Waals surface area (Å²) in [6.07, 6.45) is 3.82. The maximum Gasteiger partial charge on any atom is 0.254 e. The molecule has 2 N–H and O–H groups in total. The highest BCUT2D eigenvalue weighted by molar-refractivity contribution is 5.95. The molecule has 2 heterocycles. The maximum atomic E-state index is 11.1. The third-order valence-electron chi connectivity index (χ3n) is 2.23. The quantitative estimate of drug-likeness (QED) is 0.777. The van der Waals surface area contributed by atoms with Crippen molar-refractivity contribution in [1.82, 2.24) is 4.98 Å². The van der Waals surface area contributed by atoms with Crippen LogP contribution in [0.2, 0.25) is 0 Å². The number of carbonyl (C=O) groups is 1. The SMILES string of the molecule is NC(=O)c1cnccc1O[C@@H]1CCOC1. The van der Waals surface area contributed by atoms with Gasteiger partial charge < -0.3 is 15.2 Å². The van der Waals surface area contributed by atoms with Crippen LogP contribution < -0.4 is 10.5 Å². The van der Waals surface area contributed by atoms with Crippen LogP contribution in [0, 0.1) is 0 Å². The van der Waals surface area contributed by atoms with E-state index in [0.717, 1.165) is 6.42 Å². The highest BCUT2D eigenvalue weighted by Gasteiger charge is 2.19. The van der Waals surface area contributed by atoms with E-state index in [0.29, 0.717) is 24.5 Å². The second-order valence-corrected chi connectivity index (χ2v) is 3.34. The van der Waals surface area contributed by atoms with Crippen LogP contribution in [0.1, 0.15) is 16.8 Å². The lowest BCUT2D eigenvalue weighted by Gasteiger charge is -2.13. The van der Waals surface area contributed by atoms with Crippen LogP contribution >= 0.6 is 0 Å². The second-order valence-electron chi connectivity index (χ2n) is 3.34. The van der Waals surface area contributed by atoms with Gasteiger partial charge in [0.2, 0.25) is 0 Å². The molecule has 1 fully saturated rings. The zero-order valence-corrected chi connectivity index (χ0v) is 8.18. The number of carbonyl (C=O) groups excluding carboxylic acids is 1. The number of aromatic nitrogens is 1. The fourth-order valence-corrected chi connectivity index (χ4v) is 1.45. The predicted molar refractivity (Wildman–Crippen MR) is 52.6 cm³/mol. The van der Waals surface area contributed by atoms with Crippen molar-refractivity contribution in [2.24, 2.45) is 5.73 Å². The average molecular weight is 208 g/mol. The number of nitrogens with zero attached hydrogens (tertiary/aromatic N) is 1. The number of amides is 1. The lowest BCUT2D eigenvalue weighted by Crippen LogP contribution is -2.19. The number of pyridine rings is 1. The van der Waals surface area contributed by atoms with Crippen molar-refractivity contribution in [3.63, 3.8) is 0 Å². The number of hydrogen-bond donors (Lipinski definition) is 1. The molecule has 1 aromatic rings. The van der Waals surface area contributed by atoms with Gasteiger partial charge in [-0.15, -0.1) is 0 Å². The highest BCUT2D eigenvalue weighted by Crippen LogP contribution is 2.20. The van der Waals surface area contributed by atoms with Crippen LogP contribution in [0.25, 0.3) is 0 Å². The standard InChI is InChI=1S/C10H12N2O3/c11-10(13)8-5-12-3-1-9(8)15-7-2-4-14-6-7/h1,3,5,7H,2,4,6H2,(H2,11,13)/t7-/m1/s1. The van der Waals surface area contributed by atoms with Gasteiger partial charge >= 0.3 is 0 Å². The fraction of sp³-hybridized carbons (Fsp3) is 0.400. The van der Waals surface area contributed by atoms with Gasteiger partial charge in [-0.1, -0.05) is 0 Å². The molecule has 1 saturated heterocycles. The Labute approximate surface area is 87.2 Å². The van der Waals surface area contributed by atoms with E-state index < -0.39 is 5.91 Å². The molecular weight excluding hydrogens is 196 g/mol. The molecule has 1 atom stereocenters. The van der Waals surface area contributed by atoms with E-state index in [4.69, 9.17) is 15.2 Å². The Morgan fingerprint density at radius 2 is 2.53 bits per heavy atom. The van der Waals surface area contributed by atoms with Gasteiger partial charge in [0, 0.05) is 18.8 Å². The van der Waals surface area contributed by atoms with Crippen molar-refractivity contribution >= 4 is 5.91 Å². The maximum absolute atomic E-state index is 11.1. The van der Waals surface area contributed by atoms with Crippen LogP contribution in [0.3, 0.4) is 0 Å². The number of rotatable bonds is 3. The summed E-state index contributed by atoms with van der Waals surface area (Å²) < 4.78 is 10.8. The Kier molecular flexibility index (Phi) is 2.82. The lowest BCUT2D eigenvalue weighted by molar-refractivity contribution is 0.0988. The van der Waals surface area contributed by atoms with E-state index in [2.05, 4.69) is 4.98 Å². The van der Waals surface area contributed by atoms with Crippen molar-refractivity contribution in [2.75, 3.05) is 13.2 Å². The summed E-state index contributed by atoms with van der Waals surface area (Å²) in [6, 6.07) is 1.64. The molecule has 0 spiro atoms. The molecular formula is C10H12N2O3. The smallest absolute Gasteiger partial charge is 0.254 e. The highest BCUT2D eigenvalue weighted by atomic mass is 16.5. The summed E-state index contributed by atoms with van der Waals surface area (Å²) in [4.78, 5) is 14.9. The summed E-state index contributed by atoms with van der Waals surface area (Å²) in [7, 11) is 0. The van der Waals surface area contributed by atoms with Crippen molar-refractivity contribution in [3.05, 3.63) is 24.0 Å². The molecule has 0 bridgehead atoms. The third-order valence-corrected chi connectivity index (χ3v) is 2.23. The zero-order chi connectivity index (χ0) is 10.7. The summed E-state index contributed by atoms with van der Waals surface area (Å²) in [6.45, 7) is 1.25. The predicted octanol–water partition coefficient (Wildman–Crippen LogP) is 0.348. The van der Waals surface area contributed by atoms with Crippen LogP contribution in [0.15, 0.2) is 18.5 Å². The average Bonchev–Trinajstić information content (AvgIpc) is 2.71. The van der Waals surface area contributed by atoms with Gasteiger partial charge in [0.1, 0.15) is 11.9 Å². The van der Waals surface area contributed by atoms with E-state index in [1.807, 2.05) is 0 Å². The first kappa shape index (κ1) is 9.92. The molecule has 15 heavy (non-hydrogen) atoms. The van der Waals surface area contributed by atoms with Crippen LogP contribution in [-0.2, 0) is 4.74 Å². The Morgan fingerprint density at radius 3 is 3.20 bits per heavy atom. The van der Waals surface area contributed by atoms with Gasteiger partial charge in [-0.05, 0) is 6.07 Å². The second kappa shape index (κ2) is 4.27. The molecule has 0 unspecified atom stereocenters. The van der Waals surface area contributed by atoms with Crippen molar-refractivity contribution in [3.8, 4) is 5.75 Å². The molecule has 1 aliphatic heterocycles. The van der Waals surface area contributed by atoms with Gasteiger partial charge in [0.25, 0.3) is 5.91 Å². The normalized spacial score (nSPS) is 20.1. The molecule has 1 amide bonds. The molecule has 0 radical (unpaired) electrons. The van der Waals surface area contributed by atoms with Gasteiger partial charge in [-0.3, -0.25) is 9.78 Å². The molecule has 0 aromatic carbocycles. The molecule has 2 rings (SSSR count). The summed E-state index contributed by atoms with van der Waals surface area (Å²) >= 11 is 0. The van der Waals surface area contributed by atoms with E-state index in [1.54, 1.807) is 12.3 Å². The minimum atomic E-state index is -0.531. The molecule has 0 aliphatic carbocycles. The number of nitrogens with two attached hydrogens (primary N) is 1. The van der Waals surface area contributed by atoms with E-state index in [9.17, 15) is 4.79 Å². The largest absolute Gasteiger partial charge is 0.487 e. The third kappa shape index (κ3) is 2.24. The fourth-order valence-electron chi connectivity index (χ4n) is 1.45. The first-order valence-electron chi connectivity index (χ1n) is 4.75. The Hall–Kier alpha value is -1.62. The van der Waals surface area contributed by atoms with Gasteiger partial charge in [-0.2, -0.15) is 0 Å². The molecule has 0 saturated carbocycles. The molecule has 1 aliphatic rings. The van der Waals surface area contributed by atoms with E-state index in [-0.39, 0.29) is 6.10 Å². The first-order valence-corrected chi connectivity index (χ1v) is 4.75. The van der Waals surface area contributed by atoms with Crippen LogP contribution in [-0.4, -0.2) is 30.2 Å². The minimum Gasteiger partial charge on any atom is -0.487 e.